The summed E-state index contributed by atoms with van der Waals surface area (Å²) >= 11 is 0. The van der Waals surface area contributed by atoms with Crippen molar-refractivity contribution in [1.29, 1.82) is 0 Å². The molecule has 0 saturated heterocycles. The van der Waals surface area contributed by atoms with Gasteiger partial charge in [-0.3, -0.25) is 19.9 Å². The number of aromatic nitrogens is 2. The van der Waals surface area contributed by atoms with Crippen LogP contribution in [-0.2, 0) is 0 Å². The van der Waals surface area contributed by atoms with Crippen molar-refractivity contribution in [3.05, 3.63) is 59.8 Å². The lowest BCUT2D eigenvalue weighted by Crippen LogP contribution is -2.20. The SMILES string of the molecule is O=C1NC(=O)c2c1c1c3ccccc3cnc1c1[nH]c3c(O)cccc3c21. The number of nitrogens with one attached hydrogen (secondary N) is 2. The molecule has 2 amide bonds. The Bertz CT molecular complexity index is 1500. The number of para-hydroxylation sites is 1. The van der Waals surface area contributed by atoms with Gasteiger partial charge >= 0.3 is 0 Å². The number of aromatic amines is 1. The van der Waals surface area contributed by atoms with Crippen molar-refractivity contribution in [2.75, 3.05) is 0 Å². The van der Waals surface area contributed by atoms with E-state index in [1.54, 1.807) is 18.3 Å². The predicted octanol–water partition coefficient (Wildman–Crippen LogP) is 3.61. The molecule has 0 radical (unpaired) electrons. The number of aromatic hydroxyl groups is 1. The van der Waals surface area contributed by atoms with Gasteiger partial charge in [0, 0.05) is 27.7 Å². The van der Waals surface area contributed by atoms with Crippen LogP contribution in [0.4, 0.5) is 0 Å². The van der Waals surface area contributed by atoms with E-state index in [0.29, 0.717) is 43.8 Å². The van der Waals surface area contributed by atoms with Crippen molar-refractivity contribution in [1.82, 2.24) is 15.3 Å². The first kappa shape index (κ1) is 14.3. The second kappa shape index (κ2) is 4.62. The number of carbonyl (C=O) groups excluding carboxylic acids is 2. The van der Waals surface area contributed by atoms with Crippen LogP contribution >= 0.6 is 0 Å². The maximum atomic E-state index is 12.7. The van der Waals surface area contributed by atoms with Crippen molar-refractivity contribution in [3.8, 4) is 5.75 Å². The maximum Gasteiger partial charge on any atom is 0.259 e. The van der Waals surface area contributed by atoms with Gasteiger partial charge in [-0.15, -0.1) is 0 Å². The van der Waals surface area contributed by atoms with E-state index < -0.39 is 11.8 Å². The highest BCUT2D eigenvalue weighted by Crippen LogP contribution is 2.42. The number of phenols is 1. The molecule has 0 atom stereocenters. The molecule has 0 unspecified atom stereocenters. The molecule has 27 heavy (non-hydrogen) atoms. The van der Waals surface area contributed by atoms with Gasteiger partial charge in [-0.25, -0.2) is 0 Å². The van der Waals surface area contributed by atoms with Crippen LogP contribution in [0.25, 0.3) is 43.5 Å². The number of fused-ring (bicyclic) bond motifs is 10. The van der Waals surface area contributed by atoms with Crippen LogP contribution < -0.4 is 5.32 Å². The van der Waals surface area contributed by atoms with Crippen LogP contribution in [0.3, 0.4) is 0 Å². The summed E-state index contributed by atoms with van der Waals surface area (Å²) in [7, 11) is 0. The molecule has 0 saturated carbocycles. The first-order valence-electron chi connectivity index (χ1n) is 8.47. The molecule has 5 aromatic rings. The number of imide groups is 1. The molecule has 0 aliphatic carbocycles. The largest absolute Gasteiger partial charge is 0.506 e. The molecule has 1 aliphatic rings. The Balaban J connectivity index is 2.02. The molecular weight excluding hydrogens is 342 g/mol. The van der Waals surface area contributed by atoms with E-state index in [2.05, 4.69) is 15.3 Å². The van der Waals surface area contributed by atoms with Crippen LogP contribution in [0, 0.1) is 0 Å². The van der Waals surface area contributed by atoms with E-state index in [0.717, 1.165) is 10.8 Å². The summed E-state index contributed by atoms with van der Waals surface area (Å²) in [5.74, 6) is -0.773. The Morgan fingerprint density at radius 2 is 1.56 bits per heavy atom. The number of rotatable bonds is 0. The molecule has 128 valence electrons. The van der Waals surface area contributed by atoms with Gasteiger partial charge in [-0.2, -0.15) is 0 Å². The van der Waals surface area contributed by atoms with Gasteiger partial charge in [0.2, 0.25) is 0 Å². The molecule has 1 aliphatic heterocycles. The average Bonchev–Trinajstić information content (AvgIpc) is 3.20. The first-order chi connectivity index (χ1) is 13.1. The number of carbonyl (C=O) groups is 2. The highest BCUT2D eigenvalue weighted by Gasteiger charge is 2.34. The minimum absolute atomic E-state index is 0.0797. The van der Waals surface area contributed by atoms with Crippen LogP contribution in [0.5, 0.6) is 5.75 Å². The molecule has 3 heterocycles. The number of amides is 2. The van der Waals surface area contributed by atoms with Crippen molar-refractivity contribution < 1.29 is 14.7 Å². The van der Waals surface area contributed by atoms with Crippen molar-refractivity contribution in [2.45, 2.75) is 0 Å². The molecule has 6 nitrogen and oxygen atoms in total. The zero-order chi connectivity index (χ0) is 18.3. The number of pyridine rings is 1. The summed E-state index contributed by atoms with van der Waals surface area (Å²) in [5, 5.41) is 16.4. The lowest BCUT2D eigenvalue weighted by molar-refractivity contribution is 0.0880. The van der Waals surface area contributed by atoms with Crippen LogP contribution in [0.1, 0.15) is 20.7 Å². The number of nitrogens with zero attached hydrogens (tertiary/aromatic N) is 1. The molecule has 0 bridgehead atoms. The highest BCUT2D eigenvalue weighted by molar-refractivity contribution is 6.38. The van der Waals surface area contributed by atoms with Crippen molar-refractivity contribution >= 4 is 55.3 Å². The van der Waals surface area contributed by atoms with Gasteiger partial charge in [0.15, 0.2) is 0 Å². The lowest BCUT2D eigenvalue weighted by atomic mass is 9.94. The topological polar surface area (TPSA) is 95.1 Å². The van der Waals surface area contributed by atoms with Crippen LogP contribution in [0.2, 0.25) is 0 Å². The smallest absolute Gasteiger partial charge is 0.259 e. The number of hydrogen-bond donors (Lipinski definition) is 3. The third-order valence-corrected chi connectivity index (χ3v) is 5.28. The summed E-state index contributed by atoms with van der Waals surface area (Å²) in [4.78, 5) is 33.2. The van der Waals surface area contributed by atoms with Crippen LogP contribution in [0.15, 0.2) is 48.7 Å². The second-order valence-electron chi connectivity index (χ2n) is 6.68. The Morgan fingerprint density at radius 3 is 2.41 bits per heavy atom. The van der Waals surface area contributed by atoms with Gasteiger partial charge < -0.3 is 10.1 Å². The zero-order valence-corrected chi connectivity index (χ0v) is 13.8. The summed E-state index contributed by atoms with van der Waals surface area (Å²) in [6, 6.07) is 12.7. The molecule has 0 spiro atoms. The second-order valence-corrected chi connectivity index (χ2v) is 6.68. The third-order valence-electron chi connectivity index (χ3n) is 5.28. The van der Waals surface area contributed by atoms with E-state index in [1.807, 2.05) is 30.3 Å². The van der Waals surface area contributed by atoms with E-state index in [-0.39, 0.29) is 5.75 Å². The van der Waals surface area contributed by atoms with Gasteiger partial charge in [-0.05, 0) is 11.5 Å². The fourth-order valence-corrected chi connectivity index (χ4v) is 4.18. The fraction of sp³-hybridized carbons (Fsp3) is 0. The molecule has 6 heteroatoms. The summed E-state index contributed by atoms with van der Waals surface area (Å²) in [6.45, 7) is 0. The molecule has 6 rings (SSSR count). The molecule has 0 fully saturated rings. The summed E-state index contributed by atoms with van der Waals surface area (Å²) < 4.78 is 0. The third kappa shape index (κ3) is 1.62. The summed E-state index contributed by atoms with van der Waals surface area (Å²) in [5.41, 5.74) is 2.43. The molecule has 3 aromatic carbocycles. The monoisotopic (exact) mass is 353 g/mol. The zero-order valence-electron chi connectivity index (χ0n) is 13.8. The van der Waals surface area contributed by atoms with E-state index in [9.17, 15) is 14.7 Å². The Morgan fingerprint density at radius 1 is 0.815 bits per heavy atom. The minimum Gasteiger partial charge on any atom is -0.506 e. The van der Waals surface area contributed by atoms with Gasteiger partial charge in [0.25, 0.3) is 11.8 Å². The van der Waals surface area contributed by atoms with Crippen LogP contribution in [-0.4, -0.2) is 26.9 Å². The molecule has 2 aromatic heterocycles. The quantitative estimate of drug-likeness (QED) is 0.293. The van der Waals surface area contributed by atoms with E-state index >= 15 is 0 Å². The normalized spacial score (nSPS) is 13.8. The minimum atomic E-state index is -0.431. The average molecular weight is 353 g/mol. The lowest BCUT2D eigenvalue weighted by Gasteiger charge is -2.08. The Labute approximate surface area is 151 Å². The van der Waals surface area contributed by atoms with Gasteiger partial charge in [0.05, 0.1) is 27.7 Å². The molecule has 3 N–H and O–H groups in total. The fourth-order valence-electron chi connectivity index (χ4n) is 4.18. The molecular formula is C21H11N3O3. The highest BCUT2D eigenvalue weighted by atomic mass is 16.3. The predicted molar refractivity (Wildman–Crippen MR) is 102 cm³/mol. The number of phenolic OH excluding ortho intramolecular Hbond substituents is 1. The standard InChI is InChI=1S/C21H11N3O3/c25-12-7-3-6-11-14-16-15(20(26)24-21(16)27)13-10-5-2-1-4-9(10)8-22-18(13)19(14)23-17(11)12/h1-8,23,25H,(H,24,26,27). The van der Waals surface area contributed by atoms with Gasteiger partial charge in [-0.1, -0.05) is 36.4 Å². The Hall–Kier alpha value is -3.93. The van der Waals surface area contributed by atoms with Crippen molar-refractivity contribution in [3.63, 3.8) is 0 Å². The summed E-state index contributed by atoms with van der Waals surface area (Å²) in [6.07, 6.45) is 1.75. The maximum absolute atomic E-state index is 12.7. The van der Waals surface area contributed by atoms with Crippen molar-refractivity contribution in [2.24, 2.45) is 0 Å². The van der Waals surface area contributed by atoms with E-state index in [4.69, 9.17) is 0 Å². The number of benzene rings is 3. The van der Waals surface area contributed by atoms with Gasteiger partial charge in [0.1, 0.15) is 5.75 Å². The first-order valence-corrected chi connectivity index (χ1v) is 8.47. The number of hydrogen-bond acceptors (Lipinski definition) is 4. The Kier molecular flexibility index (Phi) is 2.44. The number of H-pyrrole nitrogens is 1. The van der Waals surface area contributed by atoms with E-state index in [1.165, 1.54) is 0 Å².